The SMILES string of the molecule is CCn1cc(Br)c(C(=O)Nc2nc(C)c(-c3csc(Nc4ccc(OC(F)(F)F)cc4)n3)s2)n1. The molecule has 2 N–H and O–H groups in total. The fourth-order valence-corrected chi connectivity index (χ4v) is 5.07. The molecule has 0 saturated carbocycles. The number of halogens is 4. The number of aryl methyl sites for hydroxylation is 2. The van der Waals surface area contributed by atoms with Crippen LogP contribution in [-0.2, 0) is 6.54 Å². The molecule has 0 radical (unpaired) electrons. The average Bonchev–Trinajstić information content (AvgIpc) is 3.47. The summed E-state index contributed by atoms with van der Waals surface area (Å²) in [5.74, 6) is -0.681. The summed E-state index contributed by atoms with van der Waals surface area (Å²) in [4.78, 5) is 22.3. The Hall–Kier alpha value is -2.97. The summed E-state index contributed by atoms with van der Waals surface area (Å²) < 4.78 is 43.0. The molecule has 0 atom stereocenters. The van der Waals surface area contributed by atoms with Crippen LogP contribution in [0.2, 0.25) is 0 Å². The molecule has 8 nitrogen and oxygen atoms in total. The average molecular weight is 573 g/mol. The highest BCUT2D eigenvalue weighted by atomic mass is 79.9. The molecule has 4 aromatic rings. The van der Waals surface area contributed by atoms with Crippen molar-refractivity contribution in [1.29, 1.82) is 0 Å². The zero-order valence-corrected chi connectivity index (χ0v) is 20.8. The van der Waals surface area contributed by atoms with E-state index in [0.29, 0.717) is 38.4 Å². The third-order valence-electron chi connectivity index (χ3n) is 4.35. The van der Waals surface area contributed by atoms with E-state index >= 15 is 0 Å². The Morgan fingerprint density at radius 1 is 1.21 bits per heavy atom. The van der Waals surface area contributed by atoms with Gasteiger partial charge >= 0.3 is 6.36 Å². The quantitative estimate of drug-likeness (QED) is 0.264. The van der Waals surface area contributed by atoms with Gasteiger partial charge in [0, 0.05) is 23.8 Å². The van der Waals surface area contributed by atoms with Gasteiger partial charge in [-0.1, -0.05) is 11.3 Å². The topological polar surface area (TPSA) is 94.0 Å². The summed E-state index contributed by atoms with van der Waals surface area (Å²) in [6, 6.07) is 5.36. The van der Waals surface area contributed by atoms with Crippen LogP contribution in [0.1, 0.15) is 23.1 Å². The van der Waals surface area contributed by atoms with Gasteiger partial charge in [-0.05, 0) is 54.0 Å². The normalized spacial score (nSPS) is 11.5. The van der Waals surface area contributed by atoms with E-state index in [0.717, 1.165) is 4.88 Å². The van der Waals surface area contributed by atoms with Crippen molar-refractivity contribution in [2.45, 2.75) is 26.8 Å². The molecule has 0 saturated heterocycles. The number of anilines is 3. The van der Waals surface area contributed by atoms with Crippen LogP contribution in [0.25, 0.3) is 10.6 Å². The second-order valence-electron chi connectivity index (χ2n) is 6.80. The second-order valence-corrected chi connectivity index (χ2v) is 9.52. The van der Waals surface area contributed by atoms with Crippen molar-refractivity contribution in [3.63, 3.8) is 0 Å². The molecule has 4 rings (SSSR count). The number of nitrogens with zero attached hydrogens (tertiary/aromatic N) is 4. The fourth-order valence-electron chi connectivity index (χ4n) is 2.86. The number of alkyl halides is 3. The standard InChI is InChI=1S/C20H16BrF3N6O2S2/c1-3-30-8-13(21)15(29-30)17(31)28-19-25-10(2)16(34-19)14-9-33-18(27-14)26-11-4-6-12(7-5-11)32-20(22,23)24/h4-9H,3H2,1-2H3,(H,26,27)(H,25,28,31). The minimum atomic E-state index is -4.74. The summed E-state index contributed by atoms with van der Waals surface area (Å²) in [6.07, 6.45) is -3.01. The van der Waals surface area contributed by atoms with Crippen molar-refractivity contribution >= 4 is 60.5 Å². The number of nitrogens with one attached hydrogen (secondary N) is 2. The number of aromatic nitrogens is 4. The van der Waals surface area contributed by atoms with E-state index in [2.05, 4.69) is 46.4 Å². The minimum absolute atomic E-state index is 0.267. The zero-order chi connectivity index (χ0) is 24.5. The largest absolute Gasteiger partial charge is 0.573 e. The lowest BCUT2D eigenvalue weighted by Gasteiger charge is -2.09. The molecule has 178 valence electrons. The van der Waals surface area contributed by atoms with Crippen LogP contribution in [0.3, 0.4) is 0 Å². The smallest absolute Gasteiger partial charge is 0.406 e. The number of hydrogen-bond donors (Lipinski definition) is 2. The molecule has 0 aliphatic carbocycles. The molecule has 0 unspecified atom stereocenters. The van der Waals surface area contributed by atoms with Gasteiger partial charge < -0.3 is 10.1 Å². The first-order chi connectivity index (χ1) is 16.1. The van der Waals surface area contributed by atoms with Crippen LogP contribution >= 0.6 is 38.6 Å². The first-order valence-corrected chi connectivity index (χ1v) is 12.2. The number of hydrogen-bond acceptors (Lipinski definition) is 8. The van der Waals surface area contributed by atoms with Crippen molar-refractivity contribution in [3.8, 4) is 16.3 Å². The van der Waals surface area contributed by atoms with Crippen molar-refractivity contribution in [1.82, 2.24) is 19.7 Å². The van der Waals surface area contributed by atoms with E-state index in [-0.39, 0.29) is 17.4 Å². The molecule has 1 aromatic carbocycles. The van der Waals surface area contributed by atoms with E-state index in [1.54, 1.807) is 10.9 Å². The van der Waals surface area contributed by atoms with Crippen LogP contribution in [0.5, 0.6) is 5.75 Å². The molecule has 3 aromatic heterocycles. The van der Waals surface area contributed by atoms with Crippen LogP contribution in [0, 0.1) is 6.92 Å². The molecule has 0 bridgehead atoms. The van der Waals surface area contributed by atoms with Gasteiger partial charge in [0.2, 0.25) is 0 Å². The third kappa shape index (κ3) is 5.74. The van der Waals surface area contributed by atoms with Crippen LogP contribution in [0.4, 0.5) is 29.1 Å². The molecular weight excluding hydrogens is 557 g/mol. The van der Waals surface area contributed by atoms with E-state index in [1.807, 2.05) is 19.2 Å². The number of carbonyl (C=O) groups excluding carboxylic acids is 1. The van der Waals surface area contributed by atoms with Crippen molar-refractivity contribution < 1.29 is 22.7 Å². The molecule has 0 fully saturated rings. The molecule has 0 aliphatic heterocycles. The predicted molar refractivity (Wildman–Crippen MR) is 128 cm³/mol. The highest BCUT2D eigenvalue weighted by Gasteiger charge is 2.31. The Labute approximate surface area is 207 Å². The van der Waals surface area contributed by atoms with Gasteiger partial charge in [-0.3, -0.25) is 14.8 Å². The second kappa shape index (κ2) is 9.72. The molecule has 0 spiro atoms. The maximum atomic E-state index is 12.6. The maximum Gasteiger partial charge on any atom is 0.573 e. The summed E-state index contributed by atoms with van der Waals surface area (Å²) in [6.45, 7) is 4.37. The number of ether oxygens (including phenoxy) is 1. The van der Waals surface area contributed by atoms with E-state index in [4.69, 9.17) is 0 Å². The van der Waals surface area contributed by atoms with E-state index in [1.165, 1.54) is 46.9 Å². The molecular formula is C20H16BrF3N6O2S2. The van der Waals surface area contributed by atoms with Gasteiger partial charge in [-0.25, -0.2) is 9.97 Å². The predicted octanol–water partition coefficient (Wildman–Crippen LogP) is 6.45. The Morgan fingerprint density at radius 2 is 1.94 bits per heavy atom. The van der Waals surface area contributed by atoms with Gasteiger partial charge in [0.1, 0.15) is 5.75 Å². The van der Waals surface area contributed by atoms with Crippen LogP contribution in [-0.4, -0.2) is 32.0 Å². The molecule has 14 heteroatoms. The lowest BCUT2D eigenvalue weighted by Crippen LogP contribution is -2.16. The summed E-state index contributed by atoms with van der Waals surface area (Å²) in [5.41, 5.74) is 2.19. The molecule has 1 amide bonds. The first-order valence-electron chi connectivity index (χ1n) is 9.71. The van der Waals surface area contributed by atoms with Crippen LogP contribution in [0.15, 0.2) is 40.3 Å². The molecule has 0 aliphatic rings. The summed E-state index contributed by atoms with van der Waals surface area (Å²) in [5, 5.41) is 12.8. The Balaban J connectivity index is 1.44. The maximum absolute atomic E-state index is 12.6. The van der Waals surface area contributed by atoms with E-state index in [9.17, 15) is 18.0 Å². The molecule has 34 heavy (non-hydrogen) atoms. The summed E-state index contributed by atoms with van der Waals surface area (Å²) in [7, 11) is 0. The first kappa shape index (κ1) is 24.2. The number of amides is 1. The van der Waals surface area contributed by atoms with E-state index < -0.39 is 6.36 Å². The van der Waals surface area contributed by atoms with Gasteiger partial charge in [-0.15, -0.1) is 24.5 Å². The highest BCUT2D eigenvalue weighted by Crippen LogP contribution is 2.35. The number of carbonyl (C=O) groups is 1. The minimum Gasteiger partial charge on any atom is -0.406 e. The number of benzene rings is 1. The third-order valence-corrected chi connectivity index (χ3v) is 6.78. The lowest BCUT2D eigenvalue weighted by atomic mass is 10.3. The zero-order valence-electron chi connectivity index (χ0n) is 17.6. The van der Waals surface area contributed by atoms with Gasteiger partial charge in [0.25, 0.3) is 5.91 Å². The Bertz CT molecular complexity index is 1320. The number of rotatable bonds is 7. The monoisotopic (exact) mass is 572 g/mol. The van der Waals surface area contributed by atoms with Gasteiger partial charge in [-0.2, -0.15) is 5.10 Å². The number of thiazole rings is 2. The Morgan fingerprint density at radius 3 is 2.59 bits per heavy atom. The summed E-state index contributed by atoms with van der Waals surface area (Å²) >= 11 is 5.95. The van der Waals surface area contributed by atoms with Crippen molar-refractivity contribution in [2.75, 3.05) is 10.6 Å². The lowest BCUT2D eigenvalue weighted by molar-refractivity contribution is -0.274. The fraction of sp³-hybridized carbons (Fsp3) is 0.200. The van der Waals surface area contributed by atoms with Gasteiger partial charge in [0.05, 0.1) is 20.7 Å². The van der Waals surface area contributed by atoms with Crippen molar-refractivity contribution in [2.24, 2.45) is 0 Å². The molecule has 3 heterocycles. The highest BCUT2D eigenvalue weighted by molar-refractivity contribution is 9.10. The van der Waals surface area contributed by atoms with Gasteiger partial charge in [0.15, 0.2) is 16.0 Å². The van der Waals surface area contributed by atoms with Crippen molar-refractivity contribution in [3.05, 3.63) is 51.7 Å². The Kier molecular flexibility index (Phi) is 6.91. The van der Waals surface area contributed by atoms with Crippen LogP contribution < -0.4 is 15.4 Å².